The molecule has 64 valence electrons. The molecule has 2 nitrogen and oxygen atoms in total. The van der Waals surface area contributed by atoms with Crippen LogP contribution < -0.4 is 5.73 Å². The summed E-state index contributed by atoms with van der Waals surface area (Å²) < 4.78 is 0. The molecule has 0 fully saturated rings. The zero-order valence-corrected chi connectivity index (χ0v) is 8.10. The molecule has 0 saturated carbocycles. The third-order valence-electron chi connectivity index (χ3n) is 1.67. The van der Waals surface area contributed by atoms with E-state index >= 15 is 0 Å². The first kappa shape index (κ1) is 9.13. The molecule has 0 spiro atoms. The summed E-state index contributed by atoms with van der Waals surface area (Å²) in [5, 5.41) is 0. The Morgan fingerprint density at radius 3 is 2.75 bits per heavy atom. The Bertz CT molecular complexity index is 319. The van der Waals surface area contributed by atoms with Gasteiger partial charge in [0.2, 0.25) is 0 Å². The molecule has 0 aliphatic rings. The van der Waals surface area contributed by atoms with E-state index in [1.165, 1.54) is 0 Å². The molecule has 1 aromatic rings. The van der Waals surface area contributed by atoms with Crippen LogP contribution in [-0.4, -0.2) is 13.3 Å². The van der Waals surface area contributed by atoms with Gasteiger partial charge in [0, 0.05) is 29.4 Å². The minimum atomic E-state index is 0.776. The van der Waals surface area contributed by atoms with Crippen molar-refractivity contribution in [1.82, 2.24) is 0 Å². The van der Waals surface area contributed by atoms with Crippen LogP contribution in [0.2, 0.25) is 0 Å². The second-order valence-corrected chi connectivity index (χ2v) is 3.17. The van der Waals surface area contributed by atoms with E-state index < -0.39 is 0 Å². The second kappa shape index (κ2) is 3.63. The van der Waals surface area contributed by atoms with Crippen LogP contribution in [-0.2, 0) is 0 Å². The molecule has 2 N–H and O–H groups in total. The SMILES string of the molecule is CN=Cc1cc(S)cc(C)c1N. The number of nitrogens with zero attached hydrogens (tertiary/aromatic N) is 1. The van der Waals surface area contributed by atoms with Crippen molar-refractivity contribution in [2.75, 3.05) is 12.8 Å². The summed E-state index contributed by atoms with van der Waals surface area (Å²) in [5.74, 6) is 0. The highest BCUT2D eigenvalue weighted by molar-refractivity contribution is 7.80. The van der Waals surface area contributed by atoms with Crippen molar-refractivity contribution in [2.45, 2.75) is 11.8 Å². The molecule has 12 heavy (non-hydrogen) atoms. The van der Waals surface area contributed by atoms with Gasteiger partial charge in [-0.05, 0) is 24.6 Å². The molecule has 0 aliphatic carbocycles. The zero-order chi connectivity index (χ0) is 9.14. The van der Waals surface area contributed by atoms with Crippen molar-refractivity contribution >= 4 is 24.5 Å². The maximum absolute atomic E-state index is 5.81. The lowest BCUT2D eigenvalue weighted by Gasteiger charge is -2.04. The quantitative estimate of drug-likeness (QED) is 0.387. The minimum absolute atomic E-state index is 0.776. The maximum atomic E-state index is 5.81. The van der Waals surface area contributed by atoms with Gasteiger partial charge in [-0.25, -0.2) is 0 Å². The lowest BCUT2D eigenvalue weighted by molar-refractivity contribution is 1.35. The number of nitrogens with two attached hydrogens (primary N) is 1. The van der Waals surface area contributed by atoms with Gasteiger partial charge < -0.3 is 5.73 Å². The normalized spacial score (nSPS) is 10.9. The highest BCUT2D eigenvalue weighted by atomic mass is 32.1. The van der Waals surface area contributed by atoms with E-state index in [2.05, 4.69) is 17.6 Å². The summed E-state index contributed by atoms with van der Waals surface area (Å²) in [6.45, 7) is 1.96. The molecule has 0 saturated heterocycles. The van der Waals surface area contributed by atoms with E-state index in [1.54, 1.807) is 13.3 Å². The second-order valence-electron chi connectivity index (χ2n) is 2.65. The summed E-state index contributed by atoms with van der Waals surface area (Å²) in [6.07, 6.45) is 1.74. The Hall–Kier alpha value is -0.960. The standard InChI is InChI=1S/C9H12N2S/c1-6-3-8(12)4-7(5-11-2)9(6)10/h3-5,12H,10H2,1-2H3. The lowest BCUT2D eigenvalue weighted by atomic mass is 10.1. The number of anilines is 1. The Morgan fingerprint density at radius 1 is 1.50 bits per heavy atom. The van der Waals surface area contributed by atoms with Crippen molar-refractivity contribution < 1.29 is 0 Å². The van der Waals surface area contributed by atoms with Crippen molar-refractivity contribution in [3.05, 3.63) is 23.3 Å². The van der Waals surface area contributed by atoms with Gasteiger partial charge in [0.1, 0.15) is 0 Å². The average molecular weight is 180 g/mol. The van der Waals surface area contributed by atoms with Crippen molar-refractivity contribution in [2.24, 2.45) is 4.99 Å². The van der Waals surface area contributed by atoms with Crippen LogP contribution in [0.3, 0.4) is 0 Å². The van der Waals surface area contributed by atoms with Crippen LogP contribution in [0.25, 0.3) is 0 Å². The van der Waals surface area contributed by atoms with Crippen molar-refractivity contribution in [1.29, 1.82) is 0 Å². The fraction of sp³-hybridized carbons (Fsp3) is 0.222. The summed E-state index contributed by atoms with van der Waals surface area (Å²) >= 11 is 4.25. The Morgan fingerprint density at radius 2 is 2.17 bits per heavy atom. The molecule has 0 atom stereocenters. The van der Waals surface area contributed by atoms with Crippen LogP contribution in [0.15, 0.2) is 22.0 Å². The predicted octanol–water partition coefficient (Wildman–Crippen LogP) is 1.91. The maximum Gasteiger partial charge on any atom is 0.0433 e. The first-order valence-corrected chi connectivity index (χ1v) is 4.11. The number of aliphatic imine (C=N–C) groups is 1. The van der Waals surface area contributed by atoms with Crippen molar-refractivity contribution in [3.63, 3.8) is 0 Å². The van der Waals surface area contributed by atoms with Gasteiger partial charge >= 0.3 is 0 Å². The van der Waals surface area contributed by atoms with Gasteiger partial charge in [-0.15, -0.1) is 12.6 Å². The molecule has 0 aromatic heterocycles. The van der Waals surface area contributed by atoms with E-state index in [9.17, 15) is 0 Å². The molecule has 0 heterocycles. The average Bonchev–Trinajstić information content (AvgIpc) is 2.00. The fourth-order valence-corrected chi connectivity index (χ4v) is 1.38. The molecule has 0 amide bonds. The Kier molecular flexibility index (Phi) is 2.76. The summed E-state index contributed by atoms with van der Waals surface area (Å²) in [6, 6.07) is 3.84. The first-order valence-electron chi connectivity index (χ1n) is 3.66. The topological polar surface area (TPSA) is 38.4 Å². The smallest absolute Gasteiger partial charge is 0.0433 e. The van der Waals surface area contributed by atoms with Gasteiger partial charge in [-0.3, -0.25) is 4.99 Å². The summed E-state index contributed by atoms with van der Waals surface area (Å²) in [4.78, 5) is 4.82. The number of rotatable bonds is 1. The minimum Gasteiger partial charge on any atom is -0.398 e. The number of hydrogen-bond acceptors (Lipinski definition) is 3. The van der Waals surface area contributed by atoms with Gasteiger partial charge in [0.25, 0.3) is 0 Å². The number of benzene rings is 1. The highest BCUT2D eigenvalue weighted by Gasteiger charge is 2.00. The number of thiol groups is 1. The summed E-state index contributed by atoms with van der Waals surface area (Å²) in [7, 11) is 1.72. The molecule has 0 unspecified atom stereocenters. The third kappa shape index (κ3) is 1.80. The van der Waals surface area contributed by atoms with Crippen LogP contribution in [0.5, 0.6) is 0 Å². The monoisotopic (exact) mass is 180 g/mol. The van der Waals surface area contributed by atoms with E-state index in [0.717, 1.165) is 21.7 Å². The van der Waals surface area contributed by atoms with Gasteiger partial charge in [0.15, 0.2) is 0 Å². The van der Waals surface area contributed by atoms with E-state index in [1.807, 2.05) is 19.1 Å². The lowest BCUT2D eigenvalue weighted by Crippen LogP contribution is -1.96. The van der Waals surface area contributed by atoms with Crippen LogP contribution in [0.1, 0.15) is 11.1 Å². The fourth-order valence-electron chi connectivity index (χ4n) is 1.05. The van der Waals surface area contributed by atoms with Crippen LogP contribution in [0, 0.1) is 6.92 Å². The molecule has 0 aliphatic heterocycles. The first-order chi connectivity index (χ1) is 5.65. The van der Waals surface area contributed by atoms with E-state index in [-0.39, 0.29) is 0 Å². The highest BCUT2D eigenvalue weighted by Crippen LogP contribution is 2.19. The predicted molar refractivity (Wildman–Crippen MR) is 56.4 cm³/mol. The molecule has 3 heteroatoms. The molecular formula is C9H12N2S. The van der Waals surface area contributed by atoms with Crippen molar-refractivity contribution in [3.8, 4) is 0 Å². The number of nitrogen functional groups attached to an aromatic ring is 1. The zero-order valence-electron chi connectivity index (χ0n) is 7.20. The molecule has 0 bridgehead atoms. The summed E-state index contributed by atoms with van der Waals surface area (Å²) in [5.41, 5.74) is 8.56. The molecular weight excluding hydrogens is 168 g/mol. The van der Waals surface area contributed by atoms with E-state index in [0.29, 0.717) is 0 Å². The van der Waals surface area contributed by atoms with E-state index in [4.69, 9.17) is 5.73 Å². The van der Waals surface area contributed by atoms with Gasteiger partial charge in [-0.2, -0.15) is 0 Å². The number of hydrogen-bond donors (Lipinski definition) is 2. The third-order valence-corrected chi connectivity index (χ3v) is 1.93. The van der Waals surface area contributed by atoms with Crippen LogP contribution in [0.4, 0.5) is 5.69 Å². The molecule has 1 aromatic carbocycles. The Labute approximate surface area is 77.9 Å². The van der Waals surface area contributed by atoms with Gasteiger partial charge in [0.05, 0.1) is 0 Å². The molecule has 0 radical (unpaired) electrons. The van der Waals surface area contributed by atoms with Gasteiger partial charge in [-0.1, -0.05) is 0 Å². The Balaban J connectivity index is 3.27. The molecule has 1 rings (SSSR count). The largest absolute Gasteiger partial charge is 0.398 e. The van der Waals surface area contributed by atoms with Crippen LogP contribution >= 0.6 is 12.6 Å². The number of aryl methyl sites for hydroxylation is 1.